The lowest BCUT2D eigenvalue weighted by Crippen LogP contribution is -2.43. The predicted octanol–water partition coefficient (Wildman–Crippen LogP) is 2.75. The van der Waals surface area contributed by atoms with Gasteiger partial charge in [-0.1, -0.05) is 60.7 Å². The Morgan fingerprint density at radius 1 is 0.806 bits per heavy atom. The number of carbonyl (C=O) groups is 3. The number of phosphoric acid groups is 1. The lowest BCUT2D eigenvalue weighted by Gasteiger charge is -2.22. The molecule has 0 aliphatic rings. The second-order valence-corrected chi connectivity index (χ2v) is 8.11. The van der Waals surface area contributed by atoms with Crippen LogP contribution in [0.1, 0.15) is 24.0 Å². The van der Waals surface area contributed by atoms with E-state index in [4.69, 9.17) is 23.8 Å². The van der Waals surface area contributed by atoms with Crippen LogP contribution in [0, 0.1) is 0 Å². The smallest absolute Gasteiger partial charge is 0.481 e. The van der Waals surface area contributed by atoms with Gasteiger partial charge in [0.05, 0.1) is 26.1 Å². The van der Waals surface area contributed by atoms with Crippen LogP contribution in [0.25, 0.3) is 0 Å². The van der Waals surface area contributed by atoms with E-state index in [0.29, 0.717) is 11.1 Å². The molecule has 2 rings (SSSR count). The maximum absolute atomic E-state index is 13.0. The summed E-state index contributed by atoms with van der Waals surface area (Å²) in [6.07, 6.45) is -2.54. The van der Waals surface area contributed by atoms with Gasteiger partial charge in [-0.25, -0.2) is 9.36 Å². The molecule has 0 amide bonds. The Hall–Kier alpha value is -3.04. The monoisotopic (exact) mass is 452 g/mol. The van der Waals surface area contributed by atoms with E-state index in [2.05, 4.69) is 0 Å². The molecule has 2 aromatic rings. The normalized spacial score (nSPS) is 13.2. The Balaban J connectivity index is 2.14. The number of hydrogen-bond acceptors (Lipinski definition) is 8. The van der Waals surface area contributed by atoms with Crippen molar-refractivity contribution in [1.29, 1.82) is 0 Å². The SMILES string of the molecule is O=C(O)CC(O)(CC(=O)OP(=O)(OCc1ccccc1)OCc1ccccc1)C(=O)O. The Labute approximate surface area is 177 Å². The van der Waals surface area contributed by atoms with Crippen molar-refractivity contribution in [3.63, 3.8) is 0 Å². The molecule has 0 aliphatic heterocycles. The first kappa shape index (κ1) is 24.2. The van der Waals surface area contributed by atoms with E-state index in [1.54, 1.807) is 60.7 Å². The zero-order valence-electron chi connectivity index (χ0n) is 16.2. The summed E-state index contributed by atoms with van der Waals surface area (Å²) >= 11 is 0. The first-order valence-corrected chi connectivity index (χ1v) is 10.4. The lowest BCUT2D eigenvalue weighted by molar-refractivity contribution is -0.170. The molecule has 31 heavy (non-hydrogen) atoms. The van der Waals surface area contributed by atoms with Crippen molar-refractivity contribution in [3.8, 4) is 0 Å². The van der Waals surface area contributed by atoms with Gasteiger partial charge >= 0.3 is 25.7 Å². The lowest BCUT2D eigenvalue weighted by atomic mass is 9.96. The van der Waals surface area contributed by atoms with Gasteiger partial charge < -0.3 is 19.8 Å². The first-order valence-electron chi connectivity index (χ1n) is 8.99. The summed E-state index contributed by atoms with van der Waals surface area (Å²) in [5, 5.41) is 27.9. The number of rotatable bonds is 12. The summed E-state index contributed by atoms with van der Waals surface area (Å²) in [4.78, 5) is 34.3. The van der Waals surface area contributed by atoms with Gasteiger partial charge in [0.25, 0.3) is 0 Å². The molecule has 166 valence electrons. The quantitative estimate of drug-likeness (QED) is 0.409. The number of phosphoric ester groups is 1. The summed E-state index contributed by atoms with van der Waals surface area (Å²) in [7, 11) is -4.56. The molecule has 0 heterocycles. The third-order valence-electron chi connectivity index (χ3n) is 3.96. The van der Waals surface area contributed by atoms with E-state index in [9.17, 15) is 24.1 Å². The molecule has 0 saturated carbocycles. The van der Waals surface area contributed by atoms with Gasteiger partial charge in [-0.15, -0.1) is 0 Å². The molecule has 3 N–H and O–H groups in total. The molecule has 0 fully saturated rings. The third kappa shape index (κ3) is 7.95. The van der Waals surface area contributed by atoms with E-state index in [1.165, 1.54) is 0 Å². The predicted molar refractivity (Wildman–Crippen MR) is 106 cm³/mol. The van der Waals surface area contributed by atoms with E-state index in [1.807, 2.05) is 0 Å². The number of aliphatic hydroxyl groups is 1. The molecular formula is C20H21O10P. The number of benzene rings is 2. The summed E-state index contributed by atoms with van der Waals surface area (Å²) in [6.45, 7) is -0.503. The fourth-order valence-corrected chi connectivity index (χ4v) is 3.51. The van der Waals surface area contributed by atoms with Crippen molar-refractivity contribution in [2.45, 2.75) is 31.7 Å². The minimum Gasteiger partial charge on any atom is -0.481 e. The first-order chi connectivity index (χ1) is 14.6. The molecule has 1 atom stereocenters. The minimum absolute atomic E-state index is 0.251. The minimum atomic E-state index is -4.56. The molecule has 0 spiro atoms. The Bertz CT molecular complexity index is 899. The number of hydrogen-bond donors (Lipinski definition) is 3. The van der Waals surface area contributed by atoms with Gasteiger partial charge in [0.15, 0.2) is 5.60 Å². The molecule has 0 aliphatic carbocycles. The molecule has 0 aromatic heterocycles. The molecule has 1 unspecified atom stereocenters. The Morgan fingerprint density at radius 3 is 1.65 bits per heavy atom. The van der Waals surface area contributed by atoms with E-state index >= 15 is 0 Å². The van der Waals surface area contributed by atoms with Crippen LogP contribution in [0.4, 0.5) is 0 Å². The highest BCUT2D eigenvalue weighted by Gasteiger charge is 2.43. The van der Waals surface area contributed by atoms with Gasteiger partial charge in [0, 0.05) is 0 Å². The van der Waals surface area contributed by atoms with Gasteiger partial charge in [0.1, 0.15) is 0 Å². The molecule has 0 saturated heterocycles. The van der Waals surface area contributed by atoms with Crippen LogP contribution in [-0.2, 0) is 45.7 Å². The second-order valence-electron chi connectivity index (χ2n) is 6.51. The highest BCUT2D eigenvalue weighted by molar-refractivity contribution is 7.49. The topological polar surface area (TPSA) is 157 Å². The number of carbonyl (C=O) groups excluding carboxylic acids is 1. The average Bonchev–Trinajstić information content (AvgIpc) is 2.71. The van der Waals surface area contributed by atoms with Crippen molar-refractivity contribution < 1.29 is 47.8 Å². The summed E-state index contributed by atoms with van der Waals surface area (Å²) < 4.78 is 28.2. The highest BCUT2D eigenvalue weighted by Crippen LogP contribution is 2.51. The summed E-state index contributed by atoms with van der Waals surface area (Å²) in [5.74, 6) is -5.06. The summed E-state index contributed by atoms with van der Waals surface area (Å²) in [6, 6.07) is 17.0. The van der Waals surface area contributed by atoms with Gasteiger partial charge in [-0.2, -0.15) is 0 Å². The Kier molecular flexibility index (Phi) is 8.47. The van der Waals surface area contributed by atoms with Gasteiger partial charge in [-0.3, -0.25) is 18.6 Å². The maximum Gasteiger partial charge on any atom is 0.532 e. The molecule has 0 bridgehead atoms. The second kappa shape index (κ2) is 10.8. The number of carboxylic acid groups (broad SMARTS) is 2. The zero-order valence-corrected chi connectivity index (χ0v) is 17.1. The van der Waals surface area contributed by atoms with E-state index in [-0.39, 0.29) is 13.2 Å². The molecule has 11 heteroatoms. The van der Waals surface area contributed by atoms with Crippen LogP contribution in [0.5, 0.6) is 0 Å². The van der Waals surface area contributed by atoms with Crippen molar-refractivity contribution >= 4 is 25.7 Å². The van der Waals surface area contributed by atoms with Gasteiger partial charge in [0.2, 0.25) is 0 Å². The molecule has 10 nitrogen and oxygen atoms in total. The standard InChI is InChI=1S/C20H21O10P/c21-17(22)11-20(26,19(24)25)12-18(23)30-31(27,28-13-15-7-3-1-4-8-15)29-14-16-9-5-2-6-10-16/h1-10,26H,11-14H2,(H,21,22)(H,24,25). The van der Waals surface area contributed by atoms with E-state index in [0.717, 1.165) is 0 Å². The van der Waals surface area contributed by atoms with E-state index < -0.39 is 44.2 Å². The van der Waals surface area contributed by atoms with Crippen molar-refractivity contribution in [2.75, 3.05) is 0 Å². The highest BCUT2D eigenvalue weighted by atomic mass is 31.2. The van der Waals surface area contributed by atoms with Crippen molar-refractivity contribution in [2.24, 2.45) is 0 Å². The largest absolute Gasteiger partial charge is 0.532 e. The van der Waals surface area contributed by atoms with Crippen molar-refractivity contribution in [3.05, 3.63) is 71.8 Å². The maximum atomic E-state index is 13.0. The molecule has 2 aromatic carbocycles. The number of aliphatic carboxylic acids is 2. The van der Waals surface area contributed by atoms with Crippen LogP contribution < -0.4 is 0 Å². The van der Waals surface area contributed by atoms with Crippen LogP contribution in [-0.4, -0.2) is 38.8 Å². The number of carboxylic acids is 2. The van der Waals surface area contributed by atoms with Crippen LogP contribution in [0.15, 0.2) is 60.7 Å². The summed E-state index contributed by atoms with van der Waals surface area (Å²) in [5.41, 5.74) is -1.77. The van der Waals surface area contributed by atoms with Crippen molar-refractivity contribution in [1.82, 2.24) is 0 Å². The molecular weight excluding hydrogens is 431 g/mol. The van der Waals surface area contributed by atoms with Crippen LogP contribution in [0.3, 0.4) is 0 Å². The third-order valence-corrected chi connectivity index (χ3v) is 5.27. The fraction of sp³-hybridized carbons (Fsp3) is 0.250. The van der Waals surface area contributed by atoms with Crippen LogP contribution >= 0.6 is 7.82 Å². The average molecular weight is 452 g/mol. The van der Waals surface area contributed by atoms with Gasteiger partial charge in [-0.05, 0) is 11.1 Å². The fourth-order valence-electron chi connectivity index (χ4n) is 2.41. The zero-order chi connectivity index (χ0) is 22.9. The van der Waals surface area contributed by atoms with Crippen LogP contribution in [0.2, 0.25) is 0 Å². The Morgan fingerprint density at radius 2 is 1.26 bits per heavy atom. The molecule has 0 radical (unpaired) electrons.